The van der Waals surface area contributed by atoms with Crippen LogP contribution in [0.1, 0.15) is 52.7 Å². The van der Waals surface area contributed by atoms with Crippen LogP contribution in [0, 0.1) is 0 Å². The highest BCUT2D eigenvalue weighted by Crippen LogP contribution is 2.40. The number of thiocarbonyl (C=S) groups is 1. The van der Waals surface area contributed by atoms with Crippen molar-refractivity contribution >= 4 is 28.4 Å². The van der Waals surface area contributed by atoms with E-state index in [0.29, 0.717) is 4.38 Å². The normalized spacial score (nSPS) is 12.4. The van der Waals surface area contributed by atoms with E-state index >= 15 is 0 Å². The monoisotopic (exact) mass is 296 g/mol. The lowest BCUT2D eigenvalue weighted by Gasteiger charge is -2.29. The first-order chi connectivity index (χ1) is 8.57. The van der Waals surface area contributed by atoms with E-state index in [0.717, 1.165) is 5.75 Å². The second kappa shape index (κ2) is 5.84. The first-order valence-electron chi connectivity index (χ1n) is 6.47. The Labute approximate surface area is 127 Å². The van der Waals surface area contributed by atoms with Crippen LogP contribution < -0.4 is 4.74 Å². The maximum atomic E-state index is 5.97. The van der Waals surface area contributed by atoms with Gasteiger partial charge in [0.15, 0.2) is 0 Å². The summed E-state index contributed by atoms with van der Waals surface area (Å²) in [6, 6.07) is 6.37. The fourth-order valence-corrected chi connectivity index (χ4v) is 2.20. The molecule has 3 heteroatoms. The van der Waals surface area contributed by atoms with E-state index in [-0.39, 0.29) is 10.8 Å². The third kappa shape index (κ3) is 4.22. The molecule has 0 fully saturated rings. The van der Waals surface area contributed by atoms with Crippen molar-refractivity contribution < 1.29 is 4.74 Å². The second-order valence-corrected chi connectivity index (χ2v) is 8.15. The van der Waals surface area contributed by atoms with Crippen LogP contribution >= 0.6 is 24.0 Å². The lowest BCUT2D eigenvalue weighted by molar-refractivity contribution is 0.486. The van der Waals surface area contributed by atoms with Crippen LogP contribution in [-0.4, -0.2) is 10.6 Å². The maximum Gasteiger partial charge on any atom is 0.225 e. The average molecular weight is 297 g/mol. The van der Waals surface area contributed by atoms with Crippen LogP contribution in [0.15, 0.2) is 18.2 Å². The van der Waals surface area contributed by atoms with Crippen molar-refractivity contribution in [3.63, 3.8) is 0 Å². The van der Waals surface area contributed by atoms with E-state index in [4.69, 9.17) is 17.0 Å². The minimum absolute atomic E-state index is 0.0324. The molecule has 0 saturated carbocycles. The predicted octanol–water partition coefficient (Wildman–Crippen LogP) is 5.31. The van der Waals surface area contributed by atoms with E-state index in [2.05, 4.69) is 59.7 Å². The van der Waals surface area contributed by atoms with E-state index in [1.165, 1.54) is 22.9 Å². The van der Waals surface area contributed by atoms with Gasteiger partial charge in [0, 0.05) is 11.1 Å². The molecule has 1 aromatic rings. The molecule has 0 aliphatic carbocycles. The molecule has 0 atom stereocenters. The van der Waals surface area contributed by atoms with Crippen LogP contribution in [-0.2, 0) is 10.8 Å². The third-order valence-electron chi connectivity index (χ3n) is 2.98. The molecule has 1 rings (SSSR count). The van der Waals surface area contributed by atoms with Crippen molar-refractivity contribution in [3.8, 4) is 5.75 Å². The number of para-hydroxylation sites is 1. The number of benzene rings is 1. The summed E-state index contributed by atoms with van der Waals surface area (Å²) < 4.78 is 6.54. The number of thioether (sulfide) groups is 1. The summed E-state index contributed by atoms with van der Waals surface area (Å²) in [7, 11) is 0. The number of hydrogen-bond acceptors (Lipinski definition) is 3. The molecule has 0 aliphatic rings. The van der Waals surface area contributed by atoms with Gasteiger partial charge in [0.1, 0.15) is 5.75 Å². The Morgan fingerprint density at radius 2 is 1.42 bits per heavy atom. The van der Waals surface area contributed by atoms with E-state index < -0.39 is 0 Å². The number of rotatable bonds is 1. The Morgan fingerprint density at radius 1 is 1.00 bits per heavy atom. The molecule has 0 unspecified atom stereocenters. The Bertz CT molecular complexity index is 432. The molecule has 0 bridgehead atoms. The largest absolute Gasteiger partial charge is 0.439 e. The Balaban J connectivity index is 3.45. The fraction of sp³-hybridized carbons (Fsp3) is 0.562. The maximum absolute atomic E-state index is 5.97. The molecule has 0 heterocycles. The van der Waals surface area contributed by atoms with Crippen LogP contribution in [0.4, 0.5) is 0 Å². The summed E-state index contributed by atoms with van der Waals surface area (Å²) in [5.41, 5.74) is 2.47. The standard InChI is InChI=1S/C16H24OS2/c1-15(2,3)11-9-8-10-12(16(4,5)6)13(11)17-14(18)19-7/h8-10H,1-7H3. The summed E-state index contributed by atoms with van der Waals surface area (Å²) in [4.78, 5) is 0. The minimum Gasteiger partial charge on any atom is -0.439 e. The molecule has 0 saturated heterocycles. The summed E-state index contributed by atoms with van der Waals surface area (Å²) >= 11 is 6.71. The fourth-order valence-electron chi connectivity index (χ4n) is 1.95. The van der Waals surface area contributed by atoms with Gasteiger partial charge in [-0.25, -0.2) is 0 Å². The van der Waals surface area contributed by atoms with E-state index in [9.17, 15) is 0 Å². The average Bonchev–Trinajstić information content (AvgIpc) is 2.26. The van der Waals surface area contributed by atoms with Gasteiger partial charge in [-0.15, -0.1) is 0 Å². The van der Waals surface area contributed by atoms with Gasteiger partial charge in [-0.1, -0.05) is 71.5 Å². The zero-order valence-corrected chi connectivity index (χ0v) is 14.6. The molecule has 0 spiro atoms. The molecule has 0 radical (unpaired) electrons. The molecule has 19 heavy (non-hydrogen) atoms. The Kier molecular flexibility index (Phi) is 5.08. The van der Waals surface area contributed by atoms with Gasteiger partial charge in [-0.3, -0.25) is 0 Å². The Hall–Kier alpha value is -0.540. The highest BCUT2D eigenvalue weighted by molar-refractivity contribution is 8.22. The highest BCUT2D eigenvalue weighted by atomic mass is 32.2. The molecular formula is C16H24OS2. The Morgan fingerprint density at radius 3 is 1.74 bits per heavy atom. The lowest BCUT2D eigenvalue weighted by atomic mass is 9.79. The molecule has 0 amide bonds. The lowest BCUT2D eigenvalue weighted by Crippen LogP contribution is -2.20. The van der Waals surface area contributed by atoms with Gasteiger partial charge in [0.25, 0.3) is 0 Å². The van der Waals surface area contributed by atoms with Gasteiger partial charge in [0.05, 0.1) is 0 Å². The van der Waals surface area contributed by atoms with Crippen molar-refractivity contribution in [3.05, 3.63) is 29.3 Å². The first kappa shape index (κ1) is 16.5. The molecule has 0 aliphatic heterocycles. The molecule has 0 N–H and O–H groups in total. The second-order valence-electron chi connectivity index (χ2n) is 6.74. The first-order valence-corrected chi connectivity index (χ1v) is 8.10. The SMILES string of the molecule is CSC(=S)Oc1c(C(C)(C)C)cccc1C(C)(C)C. The van der Waals surface area contributed by atoms with Gasteiger partial charge < -0.3 is 4.74 Å². The van der Waals surface area contributed by atoms with E-state index in [1.54, 1.807) is 0 Å². The highest BCUT2D eigenvalue weighted by Gasteiger charge is 2.27. The molecule has 0 aromatic heterocycles. The topological polar surface area (TPSA) is 9.23 Å². The summed E-state index contributed by atoms with van der Waals surface area (Å²) in [5.74, 6) is 0.932. The minimum atomic E-state index is 0.0324. The molecule has 1 nitrogen and oxygen atoms in total. The zero-order valence-electron chi connectivity index (χ0n) is 13.0. The van der Waals surface area contributed by atoms with Crippen LogP contribution in [0.2, 0.25) is 0 Å². The van der Waals surface area contributed by atoms with Crippen molar-refractivity contribution in [2.75, 3.05) is 6.26 Å². The smallest absolute Gasteiger partial charge is 0.225 e. The molecular weight excluding hydrogens is 272 g/mol. The molecule has 106 valence electrons. The number of ether oxygens (including phenoxy) is 1. The quantitative estimate of drug-likeness (QED) is 0.650. The van der Waals surface area contributed by atoms with Gasteiger partial charge in [0.2, 0.25) is 4.38 Å². The van der Waals surface area contributed by atoms with E-state index in [1.807, 2.05) is 6.26 Å². The molecule has 1 aromatic carbocycles. The zero-order chi connectivity index (χ0) is 14.8. The van der Waals surface area contributed by atoms with Gasteiger partial charge >= 0.3 is 0 Å². The van der Waals surface area contributed by atoms with Crippen molar-refractivity contribution in [1.82, 2.24) is 0 Å². The summed E-state index contributed by atoms with van der Waals surface area (Å²) in [5, 5.41) is 0. The van der Waals surface area contributed by atoms with Crippen LogP contribution in [0.5, 0.6) is 5.75 Å². The van der Waals surface area contributed by atoms with Crippen LogP contribution in [0.3, 0.4) is 0 Å². The van der Waals surface area contributed by atoms with Crippen molar-refractivity contribution in [2.45, 2.75) is 52.4 Å². The van der Waals surface area contributed by atoms with Crippen LogP contribution in [0.25, 0.3) is 0 Å². The third-order valence-corrected chi connectivity index (χ3v) is 3.98. The summed E-state index contributed by atoms with van der Waals surface area (Å²) in [6.45, 7) is 13.2. The predicted molar refractivity (Wildman–Crippen MR) is 90.6 cm³/mol. The van der Waals surface area contributed by atoms with Crippen molar-refractivity contribution in [1.29, 1.82) is 0 Å². The van der Waals surface area contributed by atoms with Gasteiger partial charge in [-0.2, -0.15) is 0 Å². The summed E-state index contributed by atoms with van der Waals surface area (Å²) in [6.07, 6.45) is 1.94. The van der Waals surface area contributed by atoms with Gasteiger partial charge in [-0.05, 0) is 29.3 Å². The number of hydrogen-bond donors (Lipinski definition) is 0. The van der Waals surface area contributed by atoms with Crippen molar-refractivity contribution in [2.24, 2.45) is 0 Å².